The first-order valence-corrected chi connectivity index (χ1v) is 9.22. The molecule has 0 aromatic carbocycles. The third-order valence-electron chi connectivity index (χ3n) is 4.06. The quantitative estimate of drug-likeness (QED) is 0.217. The highest BCUT2D eigenvalue weighted by molar-refractivity contribution is 7.53. The van der Waals surface area contributed by atoms with E-state index in [2.05, 4.69) is 9.84 Å². The molecule has 0 aromatic rings. The maximum Gasteiger partial charge on any atom is 0.339 e. The largest absolute Gasteiger partial charge is 0.481 e. The van der Waals surface area contributed by atoms with Gasteiger partial charge in [-0.2, -0.15) is 0 Å². The first-order chi connectivity index (χ1) is 11.5. The molecule has 0 aromatic heterocycles. The van der Waals surface area contributed by atoms with Gasteiger partial charge in [-0.1, -0.05) is 6.08 Å². The summed E-state index contributed by atoms with van der Waals surface area (Å²) in [6.07, 6.45) is -5.47. The number of carboxylic acid groups (broad SMARTS) is 1. The standard InChI is InChI=1S/C13H21N2O9P/c1-5-2-6(13(20)15-12(5)14)11-10(19)9(18)7(24-11)3-23-25(21,22)4-8(16)17/h2,6-7,9-12,18-19H,3-4,14H2,1H3,(H,15,20)(H,16,17)(H,21,22)/t6?,7-,9-,10+,11-,12?/m1/s1. The van der Waals surface area contributed by atoms with E-state index in [1.54, 1.807) is 6.92 Å². The molecule has 2 rings (SSSR count). The van der Waals surface area contributed by atoms with Gasteiger partial charge >= 0.3 is 13.6 Å². The summed E-state index contributed by atoms with van der Waals surface area (Å²) in [5.41, 5.74) is 6.32. The van der Waals surface area contributed by atoms with Crippen LogP contribution in [0.1, 0.15) is 6.92 Å². The summed E-state index contributed by atoms with van der Waals surface area (Å²) in [6, 6.07) is 0. The van der Waals surface area contributed by atoms with Gasteiger partial charge in [-0.25, -0.2) is 0 Å². The van der Waals surface area contributed by atoms with Crippen LogP contribution in [0, 0.1) is 5.92 Å². The number of hydrogen-bond acceptors (Lipinski definition) is 8. The minimum Gasteiger partial charge on any atom is -0.481 e. The van der Waals surface area contributed by atoms with Crippen molar-refractivity contribution in [3.63, 3.8) is 0 Å². The minimum atomic E-state index is -4.41. The van der Waals surface area contributed by atoms with Gasteiger partial charge in [0.2, 0.25) is 5.91 Å². The molecule has 1 saturated heterocycles. The molecule has 142 valence electrons. The molecule has 1 amide bonds. The Morgan fingerprint density at radius 2 is 2.08 bits per heavy atom. The van der Waals surface area contributed by atoms with Crippen LogP contribution in [0.15, 0.2) is 11.6 Å². The zero-order valence-corrected chi connectivity index (χ0v) is 14.2. The second kappa shape index (κ2) is 7.50. The summed E-state index contributed by atoms with van der Waals surface area (Å²) < 4.78 is 21.6. The van der Waals surface area contributed by atoms with E-state index in [-0.39, 0.29) is 0 Å². The van der Waals surface area contributed by atoms with E-state index in [0.717, 1.165) is 0 Å². The van der Waals surface area contributed by atoms with Gasteiger partial charge in [0, 0.05) is 0 Å². The topological polar surface area (TPSA) is 189 Å². The van der Waals surface area contributed by atoms with Gasteiger partial charge in [0.05, 0.1) is 18.7 Å². The molecular formula is C13H21N2O9P. The number of nitrogens with one attached hydrogen (secondary N) is 1. The number of carbonyl (C=O) groups excluding carboxylic acids is 1. The van der Waals surface area contributed by atoms with E-state index in [4.69, 9.17) is 15.6 Å². The summed E-state index contributed by atoms with van der Waals surface area (Å²) in [7, 11) is -4.41. The lowest BCUT2D eigenvalue weighted by atomic mass is 9.90. The van der Waals surface area contributed by atoms with Crippen molar-refractivity contribution in [3.8, 4) is 0 Å². The Kier molecular flexibility index (Phi) is 6.00. The van der Waals surface area contributed by atoms with Crippen LogP contribution in [0.25, 0.3) is 0 Å². The molecule has 0 aliphatic carbocycles. The van der Waals surface area contributed by atoms with E-state index >= 15 is 0 Å². The van der Waals surface area contributed by atoms with Crippen molar-refractivity contribution in [2.75, 3.05) is 12.8 Å². The van der Waals surface area contributed by atoms with Crippen LogP contribution in [0.3, 0.4) is 0 Å². The van der Waals surface area contributed by atoms with E-state index in [1.807, 2.05) is 0 Å². The van der Waals surface area contributed by atoms with Gasteiger partial charge in [0.25, 0.3) is 0 Å². The zero-order chi connectivity index (χ0) is 18.9. The van der Waals surface area contributed by atoms with Crippen LogP contribution >= 0.6 is 7.60 Å². The molecule has 1 fully saturated rings. The molecule has 2 aliphatic heterocycles. The van der Waals surface area contributed by atoms with Gasteiger partial charge in [-0.3, -0.25) is 14.2 Å². The number of nitrogens with two attached hydrogens (primary N) is 1. The molecule has 11 nitrogen and oxygen atoms in total. The van der Waals surface area contributed by atoms with Crippen LogP contribution in [0.5, 0.6) is 0 Å². The van der Waals surface area contributed by atoms with E-state index in [0.29, 0.717) is 5.57 Å². The molecule has 3 unspecified atom stereocenters. The second-order valence-electron chi connectivity index (χ2n) is 6.03. The lowest BCUT2D eigenvalue weighted by Gasteiger charge is -2.29. The van der Waals surface area contributed by atoms with Crippen LogP contribution < -0.4 is 11.1 Å². The van der Waals surface area contributed by atoms with Crippen molar-refractivity contribution in [1.29, 1.82) is 0 Å². The van der Waals surface area contributed by atoms with Crippen molar-refractivity contribution in [2.45, 2.75) is 37.5 Å². The van der Waals surface area contributed by atoms with Crippen LogP contribution in [0.2, 0.25) is 0 Å². The first-order valence-electron chi connectivity index (χ1n) is 7.46. The van der Waals surface area contributed by atoms with Crippen molar-refractivity contribution >= 4 is 19.5 Å². The highest BCUT2D eigenvalue weighted by Gasteiger charge is 2.49. The minimum absolute atomic E-state index is 0.491. The molecule has 0 saturated carbocycles. The summed E-state index contributed by atoms with van der Waals surface area (Å²) in [4.78, 5) is 31.9. The number of carbonyl (C=O) groups is 2. The normalized spacial score (nSPS) is 38.0. The number of aliphatic carboxylic acids is 1. The third kappa shape index (κ3) is 4.64. The lowest BCUT2D eigenvalue weighted by Crippen LogP contribution is -2.52. The van der Waals surface area contributed by atoms with Gasteiger partial charge < -0.3 is 40.5 Å². The summed E-state index contributed by atoms with van der Waals surface area (Å²) in [6.45, 7) is 1.07. The van der Waals surface area contributed by atoms with E-state index in [1.165, 1.54) is 6.08 Å². The van der Waals surface area contributed by atoms with Gasteiger partial charge in [0.15, 0.2) is 0 Å². The summed E-state index contributed by atoms with van der Waals surface area (Å²) >= 11 is 0. The Labute approximate surface area is 142 Å². The van der Waals surface area contributed by atoms with Gasteiger partial charge in [-0.15, -0.1) is 0 Å². The Hall–Kier alpha value is -1.33. The third-order valence-corrected chi connectivity index (χ3v) is 5.29. The molecule has 7 atom stereocenters. The van der Waals surface area contributed by atoms with Crippen LogP contribution in [0.4, 0.5) is 0 Å². The predicted octanol–water partition coefficient (Wildman–Crippen LogP) is -2.26. The molecule has 0 bridgehead atoms. The smallest absolute Gasteiger partial charge is 0.339 e. The zero-order valence-electron chi connectivity index (χ0n) is 13.3. The number of carboxylic acids is 1. The number of ether oxygens (including phenoxy) is 1. The van der Waals surface area contributed by atoms with Gasteiger partial charge in [0.1, 0.15) is 30.6 Å². The second-order valence-corrected chi connectivity index (χ2v) is 7.88. The molecule has 0 spiro atoms. The van der Waals surface area contributed by atoms with Crippen LogP contribution in [-0.2, 0) is 23.4 Å². The number of amides is 1. The predicted molar refractivity (Wildman–Crippen MR) is 82.3 cm³/mol. The first kappa shape index (κ1) is 20.0. The number of hydrogen-bond donors (Lipinski definition) is 6. The number of aliphatic hydroxyl groups excluding tert-OH is 2. The average molecular weight is 380 g/mol. The Morgan fingerprint density at radius 1 is 1.44 bits per heavy atom. The summed E-state index contributed by atoms with van der Waals surface area (Å²) in [5, 5.41) is 31.2. The molecule has 12 heteroatoms. The summed E-state index contributed by atoms with van der Waals surface area (Å²) in [5.74, 6) is -2.92. The Balaban J connectivity index is 2.04. The Bertz CT molecular complexity index is 625. The Morgan fingerprint density at radius 3 is 2.68 bits per heavy atom. The van der Waals surface area contributed by atoms with Crippen molar-refractivity contribution in [3.05, 3.63) is 11.6 Å². The van der Waals surface area contributed by atoms with Crippen molar-refractivity contribution in [2.24, 2.45) is 11.7 Å². The lowest BCUT2D eigenvalue weighted by molar-refractivity contribution is -0.134. The fourth-order valence-corrected chi connectivity index (χ4v) is 3.50. The van der Waals surface area contributed by atoms with E-state index < -0.39 is 68.7 Å². The number of aliphatic hydroxyl groups is 2. The highest BCUT2D eigenvalue weighted by Crippen LogP contribution is 2.42. The molecule has 0 radical (unpaired) electrons. The van der Waals surface area contributed by atoms with Crippen molar-refractivity contribution < 1.29 is 43.6 Å². The van der Waals surface area contributed by atoms with Crippen LogP contribution in [-0.4, -0.2) is 75.4 Å². The van der Waals surface area contributed by atoms with E-state index in [9.17, 15) is 29.3 Å². The SMILES string of the molecule is CC1=CC([C@H]2O[C@H](COP(=O)(O)CC(=O)O)[C@@H](O)[C@@H]2O)C(=O)NC1N. The number of rotatable bonds is 6. The molecular weight excluding hydrogens is 359 g/mol. The molecule has 2 aliphatic rings. The highest BCUT2D eigenvalue weighted by atomic mass is 31.2. The fourth-order valence-electron chi connectivity index (χ4n) is 2.69. The maximum atomic E-state index is 12.0. The monoisotopic (exact) mass is 380 g/mol. The molecule has 7 N–H and O–H groups in total. The average Bonchev–Trinajstić information content (AvgIpc) is 2.76. The molecule has 25 heavy (non-hydrogen) atoms. The molecule has 2 heterocycles. The maximum absolute atomic E-state index is 12.0. The van der Waals surface area contributed by atoms with Gasteiger partial charge in [-0.05, 0) is 12.5 Å². The fraction of sp³-hybridized carbons (Fsp3) is 0.692. The van der Waals surface area contributed by atoms with Crippen molar-refractivity contribution in [1.82, 2.24) is 5.32 Å².